The second-order valence-corrected chi connectivity index (χ2v) is 9.30. The molecule has 0 bridgehead atoms. The van der Waals surface area contributed by atoms with Crippen molar-refractivity contribution in [3.8, 4) is 11.1 Å². The Morgan fingerprint density at radius 1 is 1.16 bits per heavy atom. The number of fused-ring (bicyclic) bond motifs is 1. The van der Waals surface area contributed by atoms with Crippen LogP contribution >= 0.6 is 0 Å². The van der Waals surface area contributed by atoms with Crippen molar-refractivity contribution in [2.75, 3.05) is 26.8 Å². The number of amides is 1. The number of ether oxygens (including phenoxy) is 1. The molecule has 0 saturated carbocycles. The summed E-state index contributed by atoms with van der Waals surface area (Å²) in [5, 5.41) is 0.926. The second-order valence-electron chi connectivity index (χ2n) is 9.30. The van der Waals surface area contributed by atoms with Crippen LogP contribution in [0.3, 0.4) is 0 Å². The van der Waals surface area contributed by atoms with Crippen LogP contribution in [-0.4, -0.2) is 47.2 Å². The molecule has 0 spiro atoms. The summed E-state index contributed by atoms with van der Waals surface area (Å²) in [6.07, 6.45) is 6.95. The van der Waals surface area contributed by atoms with Gasteiger partial charge in [-0.25, -0.2) is 4.39 Å². The van der Waals surface area contributed by atoms with E-state index in [9.17, 15) is 9.18 Å². The summed E-state index contributed by atoms with van der Waals surface area (Å²) in [6.45, 7) is 2.74. The van der Waals surface area contributed by atoms with Crippen molar-refractivity contribution in [1.29, 1.82) is 0 Å². The summed E-state index contributed by atoms with van der Waals surface area (Å²) < 4.78 is 22.0. The van der Waals surface area contributed by atoms with Crippen molar-refractivity contribution in [3.63, 3.8) is 0 Å². The Balaban J connectivity index is 0.00000320. The summed E-state index contributed by atoms with van der Waals surface area (Å²) in [5.41, 5.74) is 11.0. The van der Waals surface area contributed by atoms with Crippen LogP contribution in [-0.2, 0) is 17.8 Å². The molecule has 7 heteroatoms. The van der Waals surface area contributed by atoms with E-state index < -0.39 is 0 Å². The van der Waals surface area contributed by atoms with Crippen LogP contribution in [0.4, 0.5) is 4.39 Å². The third kappa shape index (κ3) is 5.29. The molecule has 6 nitrogen and oxygen atoms in total. The lowest BCUT2D eigenvalue weighted by atomic mass is 9.88. The van der Waals surface area contributed by atoms with Gasteiger partial charge >= 0.3 is 0 Å². The number of likely N-dealkylation sites (tertiary alicyclic amines) is 1. The summed E-state index contributed by atoms with van der Waals surface area (Å²) in [5.74, 6) is -0.115. The van der Waals surface area contributed by atoms with E-state index in [2.05, 4.69) is 9.55 Å². The minimum atomic E-state index is -0.195. The predicted molar refractivity (Wildman–Crippen MR) is 146 cm³/mol. The van der Waals surface area contributed by atoms with Gasteiger partial charge in [-0.05, 0) is 53.6 Å². The van der Waals surface area contributed by atoms with E-state index >= 15 is 0 Å². The van der Waals surface area contributed by atoms with Crippen LogP contribution in [0.5, 0.6) is 0 Å². The molecule has 1 amide bonds. The molecular weight excluding hydrogens is 467 g/mol. The van der Waals surface area contributed by atoms with Gasteiger partial charge in [-0.3, -0.25) is 9.78 Å². The Morgan fingerprint density at radius 3 is 2.68 bits per heavy atom. The van der Waals surface area contributed by atoms with Crippen LogP contribution in [0.2, 0.25) is 0 Å². The Bertz CT molecular complexity index is 1360. The zero-order valence-corrected chi connectivity index (χ0v) is 20.5. The number of carbonyl (C=O) groups excluding carboxylic acids is 1. The van der Waals surface area contributed by atoms with E-state index in [0.29, 0.717) is 56.8 Å². The topological polar surface area (TPSA) is 73.4 Å². The molecule has 0 atom stereocenters. The van der Waals surface area contributed by atoms with Gasteiger partial charge in [-0.2, -0.15) is 0 Å². The van der Waals surface area contributed by atoms with Crippen molar-refractivity contribution in [2.45, 2.75) is 39.3 Å². The molecule has 37 heavy (non-hydrogen) atoms. The molecule has 2 aromatic heterocycles. The zero-order valence-electron chi connectivity index (χ0n) is 20.5. The van der Waals surface area contributed by atoms with Gasteiger partial charge in [-0.1, -0.05) is 37.8 Å². The van der Waals surface area contributed by atoms with Crippen LogP contribution in [0.15, 0.2) is 67.1 Å². The van der Waals surface area contributed by atoms with Crippen LogP contribution in [0.25, 0.3) is 22.0 Å². The maximum absolute atomic E-state index is 14.6. The first kappa shape index (κ1) is 26.5. The number of carbonyl (C=O) groups is 1. The average Bonchev–Trinajstić information content (AvgIpc) is 3.31. The first-order valence-electron chi connectivity index (χ1n) is 12.4. The highest BCUT2D eigenvalue weighted by atomic mass is 19.1. The molecule has 3 heterocycles. The van der Waals surface area contributed by atoms with Gasteiger partial charge < -0.3 is 19.9 Å². The first-order chi connectivity index (χ1) is 17.6. The van der Waals surface area contributed by atoms with Crippen LogP contribution in [0, 0.1) is 5.82 Å². The number of hydrogen-bond donors (Lipinski definition) is 1. The molecule has 0 radical (unpaired) electrons. The summed E-state index contributed by atoms with van der Waals surface area (Å²) in [4.78, 5) is 20.1. The second kappa shape index (κ2) is 11.7. The molecule has 2 N–H and O–H groups in total. The van der Waals surface area contributed by atoms with Crippen molar-refractivity contribution in [2.24, 2.45) is 5.73 Å². The Morgan fingerprint density at radius 2 is 1.97 bits per heavy atom. The van der Waals surface area contributed by atoms with Gasteiger partial charge in [-0.15, -0.1) is 0 Å². The number of aromatic nitrogens is 2. The van der Waals surface area contributed by atoms with Gasteiger partial charge in [0, 0.05) is 68.3 Å². The molecule has 194 valence electrons. The molecule has 1 saturated heterocycles. The quantitative estimate of drug-likeness (QED) is 0.357. The number of nitrogens with zero attached hydrogens (tertiary/aromatic N) is 3. The largest absolute Gasteiger partial charge is 0.383 e. The molecular formula is C30H35FN4O2. The summed E-state index contributed by atoms with van der Waals surface area (Å²) >= 11 is 0. The number of halogens is 1. The van der Waals surface area contributed by atoms with E-state index in [1.807, 2.05) is 53.7 Å². The molecule has 2 aromatic carbocycles. The lowest BCUT2D eigenvalue weighted by Crippen LogP contribution is -2.38. The van der Waals surface area contributed by atoms with E-state index in [-0.39, 0.29) is 25.1 Å². The summed E-state index contributed by atoms with van der Waals surface area (Å²) in [7, 11) is 1.68. The molecule has 5 rings (SSSR count). The van der Waals surface area contributed by atoms with Crippen LogP contribution < -0.4 is 5.73 Å². The molecule has 4 aromatic rings. The number of benzene rings is 2. The maximum atomic E-state index is 14.6. The van der Waals surface area contributed by atoms with E-state index in [1.165, 1.54) is 6.07 Å². The number of methoxy groups -OCH3 is 1. The molecule has 1 aliphatic heterocycles. The normalized spacial score (nSPS) is 14.1. The lowest BCUT2D eigenvalue weighted by Gasteiger charge is -2.32. The Labute approximate surface area is 217 Å². The standard InChI is InChI=1S/C29H31FN4O2.CH4/c1-36-15-14-34-19-25(28-23(5-2-6-27(28)34)22-4-3-11-32-18-22)29(35)33-12-9-21(10-13-33)24-16-20(17-31)7-8-26(24)30;/h2-8,11,16,18-19,21H,9-10,12-15,17,31H2,1H3;1H4. The smallest absolute Gasteiger partial charge is 0.256 e. The van der Waals surface area contributed by atoms with E-state index in [1.54, 1.807) is 19.4 Å². The van der Waals surface area contributed by atoms with Crippen molar-refractivity contribution in [1.82, 2.24) is 14.5 Å². The van der Waals surface area contributed by atoms with Gasteiger partial charge in [0.2, 0.25) is 0 Å². The fourth-order valence-corrected chi connectivity index (χ4v) is 5.25. The number of piperidine rings is 1. The molecule has 0 aliphatic carbocycles. The minimum absolute atomic E-state index is 0. The maximum Gasteiger partial charge on any atom is 0.256 e. The third-order valence-electron chi connectivity index (χ3n) is 7.16. The predicted octanol–water partition coefficient (Wildman–Crippen LogP) is 5.60. The van der Waals surface area contributed by atoms with E-state index in [0.717, 1.165) is 27.6 Å². The average molecular weight is 503 g/mol. The van der Waals surface area contributed by atoms with Crippen molar-refractivity contribution in [3.05, 3.63) is 89.6 Å². The molecule has 1 aliphatic rings. The monoisotopic (exact) mass is 502 g/mol. The summed E-state index contributed by atoms with van der Waals surface area (Å²) in [6, 6.07) is 15.1. The first-order valence-corrected chi connectivity index (χ1v) is 12.4. The highest BCUT2D eigenvalue weighted by molar-refractivity contribution is 6.12. The third-order valence-corrected chi connectivity index (χ3v) is 7.16. The molecule has 0 unspecified atom stereocenters. The number of rotatable bonds is 7. The lowest BCUT2D eigenvalue weighted by molar-refractivity contribution is 0.0714. The Hall–Kier alpha value is -3.55. The fraction of sp³-hybridized carbons (Fsp3) is 0.333. The van der Waals surface area contributed by atoms with Crippen LogP contribution in [0.1, 0.15) is 47.7 Å². The SMILES string of the molecule is C.COCCn1cc(C(=O)N2CCC(c3cc(CN)ccc3F)CC2)c2c(-c3cccnc3)cccc21. The number of pyridine rings is 1. The van der Waals surface area contributed by atoms with Crippen molar-refractivity contribution >= 4 is 16.8 Å². The number of hydrogen-bond acceptors (Lipinski definition) is 4. The Kier molecular flexibility index (Phi) is 8.36. The highest BCUT2D eigenvalue weighted by Crippen LogP contribution is 2.35. The van der Waals surface area contributed by atoms with Gasteiger partial charge in [0.15, 0.2) is 0 Å². The highest BCUT2D eigenvalue weighted by Gasteiger charge is 2.29. The zero-order chi connectivity index (χ0) is 25.1. The van der Waals surface area contributed by atoms with Crippen molar-refractivity contribution < 1.29 is 13.9 Å². The number of nitrogens with two attached hydrogens (primary N) is 1. The minimum Gasteiger partial charge on any atom is -0.383 e. The fourth-order valence-electron chi connectivity index (χ4n) is 5.25. The van der Waals surface area contributed by atoms with Gasteiger partial charge in [0.05, 0.1) is 12.2 Å². The van der Waals surface area contributed by atoms with Gasteiger partial charge in [0.25, 0.3) is 5.91 Å². The van der Waals surface area contributed by atoms with Gasteiger partial charge in [0.1, 0.15) is 5.82 Å². The van der Waals surface area contributed by atoms with E-state index in [4.69, 9.17) is 10.5 Å². The molecule has 1 fully saturated rings.